The van der Waals surface area contributed by atoms with Crippen molar-refractivity contribution in [2.24, 2.45) is 10.9 Å². The zero-order valence-electron chi connectivity index (χ0n) is 17.5. The summed E-state index contributed by atoms with van der Waals surface area (Å²) in [6.45, 7) is -0.174. The molecule has 2 atom stereocenters. The van der Waals surface area contributed by atoms with Gasteiger partial charge in [-0.1, -0.05) is 18.0 Å². The van der Waals surface area contributed by atoms with Crippen molar-refractivity contribution in [3.63, 3.8) is 0 Å². The molecule has 6 nitrogen and oxygen atoms in total. The number of benzene rings is 1. The van der Waals surface area contributed by atoms with Crippen LogP contribution in [0, 0.1) is 5.92 Å². The number of nitrogens with one attached hydrogen (secondary N) is 3. The molecule has 1 amide bonds. The smallest absolute Gasteiger partial charge is 0.387 e. The first-order chi connectivity index (χ1) is 14.4. The van der Waals surface area contributed by atoms with Crippen LogP contribution in [0.5, 0.6) is 5.75 Å². The first-order valence-electron chi connectivity index (χ1n) is 10.5. The highest BCUT2D eigenvalue weighted by Gasteiger charge is 2.31. The number of amides is 1. The number of carbonyl (C=O) groups is 1. The van der Waals surface area contributed by atoms with E-state index in [-0.39, 0.29) is 54.1 Å². The van der Waals surface area contributed by atoms with Gasteiger partial charge in [0, 0.05) is 35.1 Å². The van der Waals surface area contributed by atoms with E-state index in [1.807, 2.05) is 6.92 Å². The molecule has 10 heteroatoms. The molecule has 0 radical (unpaired) electrons. The van der Waals surface area contributed by atoms with E-state index in [0.29, 0.717) is 29.1 Å². The summed E-state index contributed by atoms with van der Waals surface area (Å²) in [7, 11) is 0. The zero-order chi connectivity index (χ0) is 21.5. The zero-order valence-corrected chi connectivity index (χ0v) is 20.6. The summed E-state index contributed by atoms with van der Waals surface area (Å²) < 4.78 is 29.9. The highest BCUT2D eigenvalue weighted by atomic mass is 127. The second-order valence-corrected chi connectivity index (χ2v) is 8.25. The van der Waals surface area contributed by atoms with E-state index < -0.39 is 6.61 Å². The summed E-state index contributed by atoms with van der Waals surface area (Å²) in [5.41, 5.74) is 0.477. The molecule has 2 unspecified atom stereocenters. The van der Waals surface area contributed by atoms with Crippen LogP contribution in [0.4, 0.5) is 8.78 Å². The fraction of sp³-hybridized carbons (Fsp3) is 0.619. The van der Waals surface area contributed by atoms with Crippen LogP contribution in [0.25, 0.3) is 0 Å². The Bertz CT molecular complexity index is 765. The van der Waals surface area contributed by atoms with Crippen molar-refractivity contribution in [1.82, 2.24) is 16.0 Å². The molecule has 3 N–H and O–H groups in total. The van der Waals surface area contributed by atoms with Gasteiger partial charge in [-0.2, -0.15) is 8.78 Å². The molecule has 0 bridgehead atoms. The second-order valence-electron chi connectivity index (χ2n) is 7.81. The SMILES string of the molecule is CCNC(=NCc1cc(Cl)ccc1OC(F)F)NC1CCCC(C(=O)NC2CC2)C1.I. The molecular weight excluding hydrogens is 541 g/mol. The molecule has 3 rings (SSSR count). The van der Waals surface area contributed by atoms with Gasteiger partial charge in [0.25, 0.3) is 0 Å². The highest BCUT2D eigenvalue weighted by Crippen LogP contribution is 2.27. The van der Waals surface area contributed by atoms with Crippen molar-refractivity contribution in [3.8, 4) is 5.75 Å². The van der Waals surface area contributed by atoms with Crippen LogP contribution >= 0.6 is 35.6 Å². The van der Waals surface area contributed by atoms with Crippen LogP contribution in [0.1, 0.15) is 51.0 Å². The number of alkyl halides is 2. The van der Waals surface area contributed by atoms with Crippen molar-refractivity contribution in [2.45, 2.75) is 70.7 Å². The van der Waals surface area contributed by atoms with Gasteiger partial charge in [0.2, 0.25) is 5.91 Å². The first kappa shape index (κ1) is 25.9. The van der Waals surface area contributed by atoms with Crippen LogP contribution in [0.15, 0.2) is 23.2 Å². The number of guanidine groups is 1. The number of nitrogens with zero attached hydrogens (tertiary/aromatic N) is 1. The molecule has 1 aromatic rings. The molecule has 1 aromatic carbocycles. The molecule has 0 aromatic heterocycles. The Labute approximate surface area is 203 Å². The maximum atomic E-state index is 12.7. The van der Waals surface area contributed by atoms with Gasteiger partial charge < -0.3 is 20.7 Å². The lowest BCUT2D eigenvalue weighted by molar-refractivity contribution is -0.126. The molecule has 2 aliphatic carbocycles. The lowest BCUT2D eigenvalue weighted by Gasteiger charge is -2.30. The molecule has 2 saturated carbocycles. The van der Waals surface area contributed by atoms with Gasteiger partial charge in [0.1, 0.15) is 5.75 Å². The number of carbonyl (C=O) groups excluding carboxylic acids is 1. The predicted molar refractivity (Wildman–Crippen MR) is 128 cm³/mol. The topological polar surface area (TPSA) is 74.8 Å². The fourth-order valence-corrected chi connectivity index (χ4v) is 3.86. The predicted octanol–water partition coefficient (Wildman–Crippen LogP) is 4.45. The van der Waals surface area contributed by atoms with E-state index in [2.05, 4.69) is 25.7 Å². The Hall–Kier alpha value is -1.36. The number of hydrogen-bond acceptors (Lipinski definition) is 3. The molecule has 0 heterocycles. The standard InChI is InChI=1S/C21H29ClF2N4O2.HI/c1-2-25-21(26-12-14-10-15(22)6-9-18(14)30-20(23)24)28-17-5-3-4-13(11-17)19(29)27-16-7-8-16;/h6,9-10,13,16-17,20H,2-5,7-8,11-12H2,1H3,(H,27,29)(H2,25,26,28);1H. The lowest BCUT2D eigenvalue weighted by atomic mass is 9.85. The van der Waals surface area contributed by atoms with Crippen molar-refractivity contribution in [2.75, 3.05) is 6.54 Å². The molecule has 0 aliphatic heterocycles. The van der Waals surface area contributed by atoms with E-state index in [9.17, 15) is 13.6 Å². The lowest BCUT2D eigenvalue weighted by Crippen LogP contribution is -2.47. The third kappa shape index (κ3) is 8.59. The Morgan fingerprint density at radius 1 is 1.23 bits per heavy atom. The summed E-state index contributed by atoms with van der Waals surface area (Å²) in [4.78, 5) is 16.9. The van der Waals surface area contributed by atoms with E-state index >= 15 is 0 Å². The largest absolute Gasteiger partial charge is 0.434 e. The Morgan fingerprint density at radius 3 is 2.68 bits per heavy atom. The van der Waals surface area contributed by atoms with Gasteiger partial charge in [0.15, 0.2) is 5.96 Å². The van der Waals surface area contributed by atoms with Crippen LogP contribution in [0.3, 0.4) is 0 Å². The fourth-order valence-electron chi connectivity index (χ4n) is 3.67. The minimum Gasteiger partial charge on any atom is -0.434 e. The Morgan fingerprint density at radius 2 is 2.00 bits per heavy atom. The van der Waals surface area contributed by atoms with Crippen molar-refractivity contribution in [1.29, 1.82) is 0 Å². The van der Waals surface area contributed by atoms with E-state index in [1.165, 1.54) is 12.1 Å². The van der Waals surface area contributed by atoms with Crippen molar-refractivity contribution in [3.05, 3.63) is 28.8 Å². The van der Waals surface area contributed by atoms with E-state index in [0.717, 1.165) is 38.5 Å². The third-order valence-electron chi connectivity index (χ3n) is 5.30. The van der Waals surface area contributed by atoms with Crippen molar-refractivity contribution >= 4 is 47.4 Å². The summed E-state index contributed by atoms with van der Waals surface area (Å²) >= 11 is 6.01. The average molecular weight is 571 g/mol. The Balaban J connectivity index is 0.00000341. The number of hydrogen-bond donors (Lipinski definition) is 3. The van der Waals surface area contributed by atoms with Gasteiger partial charge in [-0.05, 0) is 57.2 Å². The Kier molecular flexibility index (Phi) is 10.5. The maximum Gasteiger partial charge on any atom is 0.387 e. The summed E-state index contributed by atoms with van der Waals surface area (Å²) in [6, 6.07) is 4.99. The van der Waals surface area contributed by atoms with E-state index in [4.69, 9.17) is 11.6 Å². The molecule has 0 spiro atoms. The van der Waals surface area contributed by atoms with Crippen LogP contribution in [-0.4, -0.2) is 37.1 Å². The second kappa shape index (κ2) is 12.6. The van der Waals surface area contributed by atoms with Crippen LogP contribution < -0.4 is 20.7 Å². The minimum atomic E-state index is -2.92. The maximum absolute atomic E-state index is 12.7. The number of halogens is 4. The molecule has 31 heavy (non-hydrogen) atoms. The van der Waals surface area contributed by atoms with Crippen LogP contribution in [0.2, 0.25) is 5.02 Å². The molecular formula is C21H30ClF2IN4O2. The summed E-state index contributed by atoms with van der Waals surface area (Å²) in [5, 5.41) is 10.1. The van der Waals surface area contributed by atoms with E-state index in [1.54, 1.807) is 6.07 Å². The van der Waals surface area contributed by atoms with Gasteiger partial charge >= 0.3 is 6.61 Å². The van der Waals surface area contributed by atoms with Gasteiger partial charge in [-0.25, -0.2) is 4.99 Å². The van der Waals surface area contributed by atoms with Crippen LogP contribution in [-0.2, 0) is 11.3 Å². The molecule has 0 saturated heterocycles. The van der Waals surface area contributed by atoms with Gasteiger partial charge in [0.05, 0.1) is 6.54 Å². The third-order valence-corrected chi connectivity index (χ3v) is 5.53. The molecule has 174 valence electrons. The average Bonchev–Trinajstić information content (AvgIpc) is 3.52. The highest BCUT2D eigenvalue weighted by molar-refractivity contribution is 14.0. The number of ether oxygens (including phenoxy) is 1. The van der Waals surface area contributed by atoms with Crippen molar-refractivity contribution < 1.29 is 18.3 Å². The van der Waals surface area contributed by atoms with Gasteiger partial charge in [-0.15, -0.1) is 24.0 Å². The summed E-state index contributed by atoms with van der Waals surface area (Å²) in [6.07, 6.45) is 5.74. The minimum absolute atomic E-state index is 0. The normalized spacial score (nSPS) is 21.3. The summed E-state index contributed by atoms with van der Waals surface area (Å²) in [5.74, 6) is 0.801. The monoisotopic (exact) mass is 570 g/mol. The quantitative estimate of drug-likeness (QED) is 0.245. The first-order valence-corrected chi connectivity index (χ1v) is 10.9. The van der Waals surface area contributed by atoms with Gasteiger partial charge in [-0.3, -0.25) is 4.79 Å². The number of rotatable bonds is 8. The molecule has 2 aliphatic rings. The number of aliphatic imine (C=N–C) groups is 1. The molecule has 2 fully saturated rings.